The van der Waals surface area contributed by atoms with E-state index in [9.17, 15) is 4.79 Å². The van der Waals surface area contributed by atoms with Crippen LogP contribution in [0.4, 0.5) is 5.13 Å². The third-order valence-electron chi connectivity index (χ3n) is 3.77. The minimum atomic E-state index is -0.213. The van der Waals surface area contributed by atoms with Crippen molar-refractivity contribution in [3.63, 3.8) is 0 Å². The van der Waals surface area contributed by atoms with Crippen LogP contribution < -0.4 is 4.90 Å². The number of carbonyl (C=O) groups excluding carboxylic acids is 1. The fraction of sp³-hybridized carbons (Fsp3) is 0.294. The zero-order valence-corrected chi connectivity index (χ0v) is 17.2. The van der Waals surface area contributed by atoms with Gasteiger partial charge in [0.2, 0.25) is 0 Å². The molecule has 0 fully saturated rings. The normalized spacial score (nSPS) is 11.4. The zero-order valence-electron chi connectivity index (χ0n) is 14.0. The van der Waals surface area contributed by atoms with Crippen LogP contribution in [0.25, 0.3) is 10.2 Å². The van der Waals surface area contributed by atoms with Gasteiger partial charge in [-0.1, -0.05) is 22.9 Å². The van der Waals surface area contributed by atoms with Crippen molar-refractivity contribution >= 4 is 60.1 Å². The van der Waals surface area contributed by atoms with Crippen molar-refractivity contribution in [2.45, 2.75) is 6.92 Å². The molecule has 25 heavy (non-hydrogen) atoms. The number of fused-ring (bicyclic) bond motifs is 1. The Morgan fingerprint density at radius 1 is 1.28 bits per heavy atom. The van der Waals surface area contributed by atoms with Crippen LogP contribution in [0.15, 0.2) is 33.4 Å². The number of halogens is 2. The van der Waals surface area contributed by atoms with Gasteiger partial charge in [0.05, 0.1) is 10.2 Å². The molecule has 0 unspecified atom stereocenters. The first kappa shape index (κ1) is 18.4. The van der Waals surface area contributed by atoms with Gasteiger partial charge in [-0.25, -0.2) is 4.98 Å². The van der Waals surface area contributed by atoms with Crippen LogP contribution >= 0.6 is 38.9 Å². The highest BCUT2D eigenvalue weighted by Crippen LogP contribution is 2.34. The molecule has 132 valence electrons. The summed E-state index contributed by atoms with van der Waals surface area (Å²) in [6.07, 6.45) is 0. The number of rotatable bonds is 5. The molecular weight excluding hydrogens is 426 g/mol. The molecule has 1 amide bonds. The van der Waals surface area contributed by atoms with Crippen molar-refractivity contribution in [3.05, 3.63) is 45.3 Å². The van der Waals surface area contributed by atoms with Crippen LogP contribution in [0.3, 0.4) is 0 Å². The molecule has 0 aliphatic rings. The molecule has 0 N–H and O–H groups in total. The summed E-state index contributed by atoms with van der Waals surface area (Å²) in [4.78, 5) is 21.3. The average Bonchev–Trinajstić information content (AvgIpc) is 3.17. The second-order valence-electron chi connectivity index (χ2n) is 5.88. The number of benzene rings is 1. The molecule has 3 aromatic rings. The molecule has 5 nitrogen and oxygen atoms in total. The predicted molar refractivity (Wildman–Crippen MR) is 106 cm³/mol. The summed E-state index contributed by atoms with van der Waals surface area (Å²) in [5, 5.41) is 1.31. The Hall–Kier alpha value is -1.41. The zero-order chi connectivity index (χ0) is 18.1. The maximum atomic E-state index is 12.9. The van der Waals surface area contributed by atoms with Crippen LogP contribution in [0.2, 0.25) is 5.02 Å². The Balaban J connectivity index is 2.01. The number of likely N-dealkylation sites (N-methyl/N-ethyl adjacent to an activating group) is 1. The number of thiazole rings is 1. The van der Waals surface area contributed by atoms with Gasteiger partial charge in [-0.15, -0.1) is 0 Å². The number of aryl methyl sites for hydroxylation is 1. The van der Waals surface area contributed by atoms with E-state index in [-0.39, 0.29) is 11.7 Å². The summed E-state index contributed by atoms with van der Waals surface area (Å²) in [5.41, 5.74) is 1.75. The Kier molecular flexibility index (Phi) is 5.48. The van der Waals surface area contributed by atoms with Crippen molar-refractivity contribution in [2.24, 2.45) is 0 Å². The van der Waals surface area contributed by atoms with E-state index in [1.165, 1.54) is 11.3 Å². The first-order valence-corrected chi connectivity index (χ1v) is 9.63. The fourth-order valence-corrected chi connectivity index (χ4v) is 3.86. The predicted octanol–water partition coefficient (Wildman–Crippen LogP) is 4.82. The quantitative estimate of drug-likeness (QED) is 0.568. The van der Waals surface area contributed by atoms with Gasteiger partial charge in [0.1, 0.15) is 0 Å². The summed E-state index contributed by atoms with van der Waals surface area (Å²) in [6, 6.07) is 7.16. The lowest BCUT2D eigenvalue weighted by molar-refractivity contribution is 0.0957. The molecule has 0 spiro atoms. The smallest absolute Gasteiger partial charge is 0.295 e. The molecule has 3 rings (SSSR count). The molecule has 0 atom stereocenters. The molecule has 1 aromatic carbocycles. The number of aromatic nitrogens is 1. The summed E-state index contributed by atoms with van der Waals surface area (Å²) in [7, 11) is 3.93. The molecule has 0 bridgehead atoms. The monoisotopic (exact) mass is 441 g/mol. The van der Waals surface area contributed by atoms with Gasteiger partial charge in [-0.05, 0) is 66.8 Å². The first-order chi connectivity index (χ1) is 11.9. The maximum absolute atomic E-state index is 12.9. The van der Waals surface area contributed by atoms with Crippen LogP contribution in [0.5, 0.6) is 0 Å². The average molecular weight is 443 g/mol. The summed E-state index contributed by atoms with van der Waals surface area (Å²) < 4.78 is 6.96. The van der Waals surface area contributed by atoms with Crippen molar-refractivity contribution < 1.29 is 9.21 Å². The Bertz CT molecular complexity index is 922. The van der Waals surface area contributed by atoms with E-state index in [0.717, 1.165) is 15.8 Å². The molecule has 0 saturated heterocycles. The number of carbonyl (C=O) groups is 1. The minimum Gasteiger partial charge on any atom is -0.444 e. The molecule has 0 aliphatic carbocycles. The van der Waals surface area contributed by atoms with Gasteiger partial charge in [0, 0.05) is 18.1 Å². The third kappa shape index (κ3) is 3.89. The Labute approximate surface area is 163 Å². The number of hydrogen-bond donors (Lipinski definition) is 0. The van der Waals surface area contributed by atoms with Crippen molar-refractivity contribution in [1.82, 2.24) is 9.88 Å². The second kappa shape index (κ2) is 7.45. The van der Waals surface area contributed by atoms with E-state index in [2.05, 4.69) is 20.9 Å². The van der Waals surface area contributed by atoms with Crippen LogP contribution in [-0.2, 0) is 0 Å². The third-order valence-corrected chi connectivity index (χ3v) is 5.65. The van der Waals surface area contributed by atoms with E-state index in [1.807, 2.05) is 38.1 Å². The molecule has 0 radical (unpaired) electrons. The van der Waals surface area contributed by atoms with Gasteiger partial charge in [-0.3, -0.25) is 9.69 Å². The van der Waals surface area contributed by atoms with Crippen LogP contribution in [0.1, 0.15) is 16.1 Å². The molecule has 8 heteroatoms. The fourth-order valence-electron chi connectivity index (χ4n) is 2.35. The number of nitrogens with zero attached hydrogens (tertiary/aromatic N) is 3. The topological polar surface area (TPSA) is 49.6 Å². The van der Waals surface area contributed by atoms with Gasteiger partial charge in [0.15, 0.2) is 15.6 Å². The standard InChI is InChI=1S/C17H17BrClN3O2S/c1-10-11(19)4-6-13-15(10)20-17(25-13)22(9-8-21(2)3)16(23)12-5-7-14(18)24-12/h4-7H,8-9H2,1-3H3. The molecular formula is C17H17BrClN3O2S. The molecule has 0 saturated carbocycles. The van der Waals surface area contributed by atoms with Crippen molar-refractivity contribution in [3.8, 4) is 0 Å². The van der Waals surface area contributed by atoms with Crippen LogP contribution in [0, 0.1) is 6.92 Å². The van der Waals surface area contributed by atoms with E-state index < -0.39 is 0 Å². The van der Waals surface area contributed by atoms with Gasteiger partial charge in [0.25, 0.3) is 5.91 Å². The number of amides is 1. The molecule has 2 aromatic heterocycles. The lowest BCUT2D eigenvalue weighted by Crippen LogP contribution is -2.36. The summed E-state index contributed by atoms with van der Waals surface area (Å²) in [5.74, 6) is 0.0648. The summed E-state index contributed by atoms with van der Waals surface area (Å²) >= 11 is 10.9. The highest BCUT2D eigenvalue weighted by molar-refractivity contribution is 9.10. The Morgan fingerprint density at radius 2 is 2.04 bits per heavy atom. The maximum Gasteiger partial charge on any atom is 0.295 e. The number of furan rings is 1. The molecule has 0 aliphatic heterocycles. The lowest BCUT2D eigenvalue weighted by Gasteiger charge is -2.20. The number of anilines is 1. The van der Waals surface area contributed by atoms with E-state index in [1.54, 1.807) is 17.0 Å². The number of hydrogen-bond acceptors (Lipinski definition) is 5. The Morgan fingerprint density at radius 3 is 2.68 bits per heavy atom. The van der Waals surface area contributed by atoms with Crippen molar-refractivity contribution in [1.29, 1.82) is 0 Å². The SMILES string of the molecule is Cc1c(Cl)ccc2sc(N(CCN(C)C)C(=O)c3ccc(Br)o3)nc12. The molecule has 2 heterocycles. The van der Waals surface area contributed by atoms with Gasteiger partial charge in [-0.2, -0.15) is 0 Å². The minimum absolute atomic E-state index is 0.213. The second-order valence-corrected chi connectivity index (χ2v) is 8.08. The summed E-state index contributed by atoms with van der Waals surface area (Å²) in [6.45, 7) is 3.16. The van der Waals surface area contributed by atoms with Crippen LogP contribution in [-0.4, -0.2) is 43.0 Å². The van der Waals surface area contributed by atoms with Crippen molar-refractivity contribution in [2.75, 3.05) is 32.1 Å². The largest absolute Gasteiger partial charge is 0.444 e. The van der Waals surface area contributed by atoms with Gasteiger partial charge < -0.3 is 9.32 Å². The lowest BCUT2D eigenvalue weighted by atomic mass is 10.2. The highest BCUT2D eigenvalue weighted by Gasteiger charge is 2.24. The van der Waals surface area contributed by atoms with E-state index in [0.29, 0.717) is 27.9 Å². The van der Waals surface area contributed by atoms with E-state index in [4.69, 9.17) is 16.0 Å². The first-order valence-electron chi connectivity index (χ1n) is 7.64. The van der Waals surface area contributed by atoms with E-state index >= 15 is 0 Å². The van der Waals surface area contributed by atoms with Gasteiger partial charge >= 0.3 is 0 Å². The highest BCUT2D eigenvalue weighted by atomic mass is 79.9.